The van der Waals surface area contributed by atoms with E-state index in [4.69, 9.17) is 4.42 Å². The van der Waals surface area contributed by atoms with Crippen molar-refractivity contribution < 1.29 is 18.8 Å². The second-order valence-electron chi connectivity index (χ2n) is 6.81. The monoisotopic (exact) mass is 352 g/mol. The van der Waals surface area contributed by atoms with E-state index >= 15 is 0 Å². The van der Waals surface area contributed by atoms with Crippen LogP contribution in [-0.4, -0.2) is 33.6 Å². The summed E-state index contributed by atoms with van der Waals surface area (Å²) in [5.41, 5.74) is 1.44. The molecule has 26 heavy (non-hydrogen) atoms. The maximum Gasteiger partial charge on any atom is 0.254 e. The van der Waals surface area contributed by atoms with Gasteiger partial charge in [0.05, 0.1) is 19.4 Å². The molecule has 4 rings (SSSR count). The molecule has 1 aliphatic carbocycles. The van der Waals surface area contributed by atoms with Crippen molar-refractivity contribution in [3.05, 3.63) is 59.5 Å². The molecule has 1 aliphatic heterocycles. The molecule has 134 valence electrons. The first-order valence-corrected chi connectivity index (χ1v) is 8.87. The summed E-state index contributed by atoms with van der Waals surface area (Å²) in [6, 6.07) is 11.1. The molecule has 6 nitrogen and oxygen atoms in total. The molecule has 2 aliphatic rings. The zero-order valence-electron chi connectivity index (χ0n) is 14.4. The Hall–Kier alpha value is -2.89. The number of rotatable bonds is 6. The second kappa shape index (κ2) is 6.78. The third-order valence-electron chi connectivity index (χ3n) is 4.85. The van der Waals surface area contributed by atoms with Gasteiger partial charge in [0.1, 0.15) is 5.76 Å². The number of furan rings is 1. The molecule has 0 spiro atoms. The van der Waals surface area contributed by atoms with Crippen LogP contribution in [0.1, 0.15) is 47.4 Å². The van der Waals surface area contributed by atoms with Gasteiger partial charge >= 0.3 is 0 Å². The summed E-state index contributed by atoms with van der Waals surface area (Å²) in [5.74, 6) is 0.485. The van der Waals surface area contributed by atoms with Crippen LogP contribution in [0.25, 0.3) is 0 Å². The van der Waals surface area contributed by atoms with Gasteiger partial charge in [0, 0.05) is 24.4 Å². The molecule has 2 aromatic rings. The molecule has 1 aromatic carbocycles. The van der Waals surface area contributed by atoms with Gasteiger partial charge in [-0.15, -0.1) is 0 Å². The van der Waals surface area contributed by atoms with Gasteiger partial charge in [-0.05, 0) is 42.7 Å². The molecule has 6 heteroatoms. The third kappa shape index (κ3) is 3.40. The van der Waals surface area contributed by atoms with E-state index in [2.05, 4.69) is 0 Å². The summed E-state index contributed by atoms with van der Waals surface area (Å²) in [7, 11) is 0. The standard InChI is InChI=1S/C20H20N2O4/c23-18-9-10-19(24)22(18)12-14-3-5-15(6-4-14)20(25)21(16-7-8-16)13-17-2-1-11-26-17/h1-6,11,16H,7-10,12-13H2. The first-order valence-electron chi connectivity index (χ1n) is 8.87. The molecular formula is C20H20N2O4. The molecule has 2 heterocycles. The number of amides is 3. The number of benzene rings is 1. The third-order valence-corrected chi connectivity index (χ3v) is 4.85. The Kier molecular flexibility index (Phi) is 4.32. The fourth-order valence-corrected chi connectivity index (χ4v) is 3.22. The highest BCUT2D eigenvalue weighted by molar-refractivity contribution is 6.01. The van der Waals surface area contributed by atoms with Gasteiger partial charge in [0.25, 0.3) is 5.91 Å². The van der Waals surface area contributed by atoms with Crippen molar-refractivity contribution in [2.45, 2.75) is 44.8 Å². The van der Waals surface area contributed by atoms with E-state index in [1.807, 2.05) is 29.2 Å². The van der Waals surface area contributed by atoms with Crippen molar-refractivity contribution >= 4 is 17.7 Å². The topological polar surface area (TPSA) is 70.8 Å². The molecule has 0 atom stereocenters. The average molecular weight is 352 g/mol. The second-order valence-corrected chi connectivity index (χ2v) is 6.81. The van der Waals surface area contributed by atoms with Gasteiger partial charge in [-0.3, -0.25) is 19.3 Å². The van der Waals surface area contributed by atoms with Crippen LogP contribution in [-0.2, 0) is 22.7 Å². The zero-order valence-corrected chi connectivity index (χ0v) is 14.4. The summed E-state index contributed by atoms with van der Waals surface area (Å²) in [6.07, 6.45) is 4.23. The maximum atomic E-state index is 12.9. The number of likely N-dealkylation sites (tertiary alicyclic amines) is 1. The molecule has 0 radical (unpaired) electrons. The van der Waals surface area contributed by atoms with E-state index in [1.165, 1.54) is 4.90 Å². The van der Waals surface area contributed by atoms with E-state index in [-0.39, 0.29) is 30.3 Å². The SMILES string of the molecule is O=C1CCC(=O)N1Cc1ccc(C(=O)N(Cc2ccco2)C2CC2)cc1. The van der Waals surface area contributed by atoms with Crippen LogP contribution < -0.4 is 0 Å². The highest BCUT2D eigenvalue weighted by Crippen LogP contribution is 2.30. The lowest BCUT2D eigenvalue weighted by Crippen LogP contribution is -2.32. The van der Waals surface area contributed by atoms with Crippen molar-refractivity contribution in [1.82, 2.24) is 9.80 Å². The Morgan fingerprint density at radius 1 is 1.08 bits per heavy atom. The highest BCUT2D eigenvalue weighted by Gasteiger charge is 2.33. The Morgan fingerprint density at radius 3 is 2.35 bits per heavy atom. The molecule has 0 unspecified atom stereocenters. The van der Waals surface area contributed by atoms with Crippen molar-refractivity contribution in [2.24, 2.45) is 0 Å². The van der Waals surface area contributed by atoms with Gasteiger partial charge in [-0.1, -0.05) is 12.1 Å². The Labute approximate surface area is 151 Å². The first kappa shape index (κ1) is 16.6. The van der Waals surface area contributed by atoms with E-state index in [0.717, 1.165) is 24.2 Å². The van der Waals surface area contributed by atoms with Gasteiger partial charge < -0.3 is 9.32 Å². The quantitative estimate of drug-likeness (QED) is 0.750. The Balaban J connectivity index is 1.46. The van der Waals surface area contributed by atoms with Crippen LogP contribution in [0.5, 0.6) is 0 Å². The van der Waals surface area contributed by atoms with Crippen molar-refractivity contribution in [3.63, 3.8) is 0 Å². The summed E-state index contributed by atoms with van der Waals surface area (Å²) in [4.78, 5) is 39.5. The number of hydrogen-bond donors (Lipinski definition) is 0. The van der Waals surface area contributed by atoms with Crippen LogP contribution in [0.3, 0.4) is 0 Å². The van der Waals surface area contributed by atoms with E-state index in [1.54, 1.807) is 18.4 Å². The van der Waals surface area contributed by atoms with Crippen LogP contribution in [0.2, 0.25) is 0 Å². The Morgan fingerprint density at radius 2 is 1.77 bits per heavy atom. The largest absolute Gasteiger partial charge is 0.467 e. The predicted molar refractivity (Wildman–Crippen MR) is 92.8 cm³/mol. The highest BCUT2D eigenvalue weighted by atomic mass is 16.3. The maximum absolute atomic E-state index is 12.9. The number of nitrogens with zero attached hydrogens (tertiary/aromatic N) is 2. The molecule has 3 amide bonds. The van der Waals surface area contributed by atoms with Crippen LogP contribution >= 0.6 is 0 Å². The first-order chi connectivity index (χ1) is 12.6. The molecule has 1 saturated heterocycles. The molecule has 1 aromatic heterocycles. The van der Waals surface area contributed by atoms with Crippen molar-refractivity contribution in [2.75, 3.05) is 0 Å². The smallest absolute Gasteiger partial charge is 0.254 e. The van der Waals surface area contributed by atoms with Gasteiger partial charge in [0.15, 0.2) is 0 Å². The van der Waals surface area contributed by atoms with Crippen LogP contribution in [0.15, 0.2) is 47.1 Å². The van der Waals surface area contributed by atoms with Gasteiger partial charge in [0.2, 0.25) is 11.8 Å². The van der Waals surface area contributed by atoms with Crippen molar-refractivity contribution in [1.29, 1.82) is 0 Å². The number of carbonyl (C=O) groups excluding carboxylic acids is 3. The minimum Gasteiger partial charge on any atom is -0.467 e. The summed E-state index contributed by atoms with van der Waals surface area (Å²) >= 11 is 0. The summed E-state index contributed by atoms with van der Waals surface area (Å²) in [5, 5.41) is 0. The lowest BCUT2D eigenvalue weighted by molar-refractivity contribution is -0.139. The Bertz CT molecular complexity index is 806. The van der Waals surface area contributed by atoms with Gasteiger partial charge in [-0.2, -0.15) is 0 Å². The van der Waals surface area contributed by atoms with Gasteiger partial charge in [-0.25, -0.2) is 0 Å². The molecule has 2 fully saturated rings. The number of hydrogen-bond acceptors (Lipinski definition) is 4. The molecule has 1 saturated carbocycles. The zero-order chi connectivity index (χ0) is 18.1. The predicted octanol–water partition coefficient (Wildman–Crippen LogP) is 2.73. The van der Waals surface area contributed by atoms with Crippen LogP contribution in [0.4, 0.5) is 0 Å². The fourth-order valence-electron chi connectivity index (χ4n) is 3.22. The lowest BCUT2D eigenvalue weighted by atomic mass is 10.1. The molecule has 0 bridgehead atoms. The van der Waals surface area contributed by atoms with E-state index in [9.17, 15) is 14.4 Å². The number of imide groups is 1. The molecular weight excluding hydrogens is 332 g/mol. The minimum atomic E-state index is -0.131. The molecule has 0 N–H and O–H groups in total. The average Bonchev–Trinajstić information content (AvgIpc) is 3.28. The minimum absolute atomic E-state index is 0.0243. The van der Waals surface area contributed by atoms with E-state index in [0.29, 0.717) is 24.9 Å². The fraction of sp³-hybridized carbons (Fsp3) is 0.350. The summed E-state index contributed by atoms with van der Waals surface area (Å²) in [6.45, 7) is 0.736. The van der Waals surface area contributed by atoms with Crippen LogP contribution in [0, 0.1) is 0 Å². The van der Waals surface area contributed by atoms with Crippen molar-refractivity contribution in [3.8, 4) is 0 Å². The van der Waals surface area contributed by atoms with E-state index < -0.39 is 0 Å². The number of carbonyl (C=O) groups is 3. The summed E-state index contributed by atoms with van der Waals surface area (Å²) < 4.78 is 5.38. The normalized spacial score (nSPS) is 17.0. The lowest BCUT2D eigenvalue weighted by Gasteiger charge is -2.21.